The molecule has 0 amide bonds. The Balaban J connectivity index is 2.12. The summed E-state index contributed by atoms with van der Waals surface area (Å²) in [5.74, 6) is 0. The maximum Gasteiger partial charge on any atom is 0.119 e. The van der Waals surface area contributed by atoms with Gasteiger partial charge in [-0.25, -0.2) is 0 Å². The second-order valence-corrected chi connectivity index (χ2v) is 4.70. The third kappa shape index (κ3) is 1.43. The summed E-state index contributed by atoms with van der Waals surface area (Å²) in [6, 6.07) is 16.4. The van der Waals surface area contributed by atoms with Crippen LogP contribution < -0.4 is 0 Å². The second-order valence-electron chi connectivity index (χ2n) is 4.70. The molecule has 0 fully saturated rings. The standard InChI is InChI=1S/C16H16O/c1-2-12-7-3-5-9-14(12)16(17)11-13-8-4-6-10-15(13)16/h3-10,17H,2,11H2,1H3. The molecule has 1 aliphatic rings. The number of aliphatic hydroxyl groups is 1. The lowest BCUT2D eigenvalue weighted by atomic mass is 9.68. The maximum atomic E-state index is 10.8. The van der Waals surface area contributed by atoms with Crippen molar-refractivity contribution in [3.8, 4) is 0 Å². The Kier molecular flexibility index (Phi) is 2.30. The van der Waals surface area contributed by atoms with E-state index < -0.39 is 5.60 Å². The van der Waals surface area contributed by atoms with Crippen molar-refractivity contribution in [3.63, 3.8) is 0 Å². The van der Waals surface area contributed by atoms with Crippen molar-refractivity contribution in [2.24, 2.45) is 0 Å². The number of hydrogen-bond donors (Lipinski definition) is 1. The van der Waals surface area contributed by atoms with Gasteiger partial charge in [-0.2, -0.15) is 0 Å². The first-order valence-corrected chi connectivity index (χ1v) is 6.15. The average molecular weight is 224 g/mol. The molecule has 1 heteroatoms. The van der Waals surface area contributed by atoms with Crippen LogP contribution in [0.2, 0.25) is 0 Å². The fraction of sp³-hybridized carbons (Fsp3) is 0.250. The summed E-state index contributed by atoms with van der Waals surface area (Å²) >= 11 is 0. The molecule has 17 heavy (non-hydrogen) atoms. The van der Waals surface area contributed by atoms with Crippen molar-refractivity contribution in [2.45, 2.75) is 25.4 Å². The third-order valence-electron chi connectivity index (χ3n) is 3.75. The number of aryl methyl sites for hydroxylation is 1. The summed E-state index contributed by atoms with van der Waals surface area (Å²) in [6.45, 7) is 2.13. The van der Waals surface area contributed by atoms with Gasteiger partial charge in [0.25, 0.3) is 0 Å². The number of hydrogen-bond acceptors (Lipinski definition) is 1. The minimum Gasteiger partial charge on any atom is -0.380 e. The summed E-state index contributed by atoms with van der Waals surface area (Å²) < 4.78 is 0. The molecule has 0 aliphatic heterocycles. The SMILES string of the molecule is CCc1ccccc1C1(O)Cc2ccccc21. The van der Waals surface area contributed by atoms with Gasteiger partial charge in [0, 0.05) is 6.42 Å². The monoisotopic (exact) mass is 224 g/mol. The van der Waals surface area contributed by atoms with Gasteiger partial charge >= 0.3 is 0 Å². The van der Waals surface area contributed by atoms with Crippen molar-refractivity contribution in [1.29, 1.82) is 0 Å². The van der Waals surface area contributed by atoms with Crippen molar-refractivity contribution in [2.75, 3.05) is 0 Å². The Morgan fingerprint density at radius 3 is 2.35 bits per heavy atom. The molecule has 1 aliphatic carbocycles. The molecule has 1 N–H and O–H groups in total. The molecule has 3 rings (SSSR count). The van der Waals surface area contributed by atoms with E-state index in [0.29, 0.717) is 0 Å². The Morgan fingerprint density at radius 1 is 1.00 bits per heavy atom. The predicted octanol–water partition coefficient (Wildman–Crippen LogP) is 3.04. The Labute approximate surface area is 102 Å². The van der Waals surface area contributed by atoms with Gasteiger partial charge in [-0.15, -0.1) is 0 Å². The van der Waals surface area contributed by atoms with E-state index in [2.05, 4.69) is 25.1 Å². The van der Waals surface area contributed by atoms with E-state index >= 15 is 0 Å². The highest BCUT2D eigenvalue weighted by Crippen LogP contribution is 2.44. The smallest absolute Gasteiger partial charge is 0.119 e. The minimum absolute atomic E-state index is 0.736. The fourth-order valence-corrected chi connectivity index (χ4v) is 2.81. The quantitative estimate of drug-likeness (QED) is 0.831. The van der Waals surface area contributed by atoms with Gasteiger partial charge in [-0.05, 0) is 28.7 Å². The molecule has 1 atom stereocenters. The maximum absolute atomic E-state index is 10.8. The van der Waals surface area contributed by atoms with Crippen molar-refractivity contribution < 1.29 is 5.11 Å². The van der Waals surface area contributed by atoms with Crippen LogP contribution >= 0.6 is 0 Å². The molecule has 86 valence electrons. The number of rotatable bonds is 2. The van der Waals surface area contributed by atoms with E-state index in [1.807, 2.05) is 30.3 Å². The van der Waals surface area contributed by atoms with Gasteiger partial charge in [0.05, 0.1) is 0 Å². The molecular formula is C16H16O. The highest BCUT2D eigenvalue weighted by molar-refractivity contribution is 5.52. The van der Waals surface area contributed by atoms with E-state index in [9.17, 15) is 5.11 Å². The highest BCUT2D eigenvalue weighted by atomic mass is 16.3. The van der Waals surface area contributed by atoms with Crippen molar-refractivity contribution >= 4 is 0 Å². The van der Waals surface area contributed by atoms with Gasteiger partial charge in [-0.1, -0.05) is 55.5 Å². The van der Waals surface area contributed by atoms with Crippen LogP contribution in [0, 0.1) is 0 Å². The fourth-order valence-electron chi connectivity index (χ4n) is 2.81. The zero-order chi connectivity index (χ0) is 11.9. The molecule has 0 saturated heterocycles. The first-order chi connectivity index (χ1) is 8.25. The van der Waals surface area contributed by atoms with Crippen LogP contribution in [0.25, 0.3) is 0 Å². The van der Waals surface area contributed by atoms with Crippen molar-refractivity contribution in [1.82, 2.24) is 0 Å². The molecular weight excluding hydrogens is 208 g/mol. The molecule has 0 saturated carbocycles. The van der Waals surface area contributed by atoms with E-state index in [0.717, 1.165) is 24.0 Å². The van der Waals surface area contributed by atoms with Gasteiger partial charge < -0.3 is 5.11 Å². The second kappa shape index (κ2) is 3.71. The normalized spacial score (nSPS) is 21.8. The lowest BCUT2D eigenvalue weighted by molar-refractivity contribution is 0.0554. The lowest BCUT2D eigenvalue weighted by Crippen LogP contribution is -2.40. The molecule has 0 bridgehead atoms. The van der Waals surface area contributed by atoms with Gasteiger partial charge in [0.2, 0.25) is 0 Å². The zero-order valence-corrected chi connectivity index (χ0v) is 9.98. The van der Waals surface area contributed by atoms with Crippen LogP contribution in [0.15, 0.2) is 48.5 Å². The van der Waals surface area contributed by atoms with E-state index in [1.165, 1.54) is 11.1 Å². The molecule has 0 heterocycles. The third-order valence-corrected chi connectivity index (χ3v) is 3.75. The summed E-state index contributed by atoms with van der Waals surface area (Å²) in [5, 5.41) is 10.8. The summed E-state index contributed by atoms with van der Waals surface area (Å²) in [6.07, 6.45) is 1.70. The van der Waals surface area contributed by atoms with E-state index in [-0.39, 0.29) is 0 Å². The topological polar surface area (TPSA) is 20.2 Å². The van der Waals surface area contributed by atoms with Gasteiger partial charge in [0.1, 0.15) is 5.60 Å². The first kappa shape index (κ1) is 10.5. The molecule has 2 aromatic carbocycles. The number of fused-ring (bicyclic) bond motifs is 1. The van der Waals surface area contributed by atoms with E-state index in [1.54, 1.807) is 0 Å². The largest absolute Gasteiger partial charge is 0.380 e. The Morgan fingerprint density at radius 2 is 1.65 bits per heavy atom. The van der Waals surface area contributed by atoms with Gasteiger partial charge in [0.15, 0.2) is 0 Å². The molecule has 1 nitrogen and oxygen atoms in total. The molecule has 0 spiro atoms. The average Bonchev–Trinajstić information content (AvgIpc) is 2.37. The minimum atomic E-state index is -0.761. The summed E-state index contributed by atoms with van der Waals surface area (Å²) in [4.78, 5) is 0. The van der Waals surface area contributed by atoms with Crippen LogP contribution in [0.4, 0.5) is 0 Å². The summed E-state index contributed by atoms with van der Waals surface area (Å²) in [7, 11) is 0. The van der Waals surface area contributed by atoms with E-state index in [4.69, 9.17) is 0 Å². The molecule has 2 aromatic rings. The molecule has 0 aromatic heterocycles. The first-order valence-electron chi connectivity index (χ1n) is 6.15. The van der Waals surface area contributed by atoms with Crippen LogP contribution in [0.5, 0.6) is 0 Å². The van der Waals surface area contributed by atoms with Crippen LogP contribution in [-0.4, -0.2) is 5.11 Å². The summed E-state index contributed by atoms with van der Waals surface area (Å²) in [5.41, 5.74) is 3.89. The Hall–Kier alpha value is -1.60. The lowest BCUT2D eigenvalue weighted by Gasteiger charge is -2.41. The molecule has 1 unspecified atom stereocenters. The van der Waals surface area contributed by atoms with Crippen LogP contribution in [0.1, 0.15) is 29.2 Å². The Bertz CT molecular complexity index is 559. The number of benzene rings is 2. The predicted molar refractivity (Wildman–Crippen MR) is 69.0 cm³/mol. The van der Waals surface area contributed by atoms with Crippen molar-refractivity contribution in [3.05, 3.63) is 70.8 Å². The van der Waals surface area contributed by atoms with Crippen LogP contribution in [0.3, 0.4) is 0 Å². The molecule has 0 radical (unpaired) electrons. The van der Waals surface area contributed by atoms with Crippen LogP contribution in [-0.2, 0) is 18.4 Å². The highest BCUT2D eigenvalue weighted by Gasteiger charge is 2.42. The van der Waals surface area contributed by atoms with Gasteiger partial charge in [-0.3, -0.25) is 0 Å². The zero-order valence-electron chi connectivity index (χ0n) is 9.98.